The van der Waals surface area contributed by atoms with Crippen LogP contribution in [0, 0.1) is 0 Å². The van der Waals surface area contributed by atoms with Crippen molar-refractivity contribution in [2.45, 2.75) is 24.9 Å². The van der Waals surface area contributed by atoms with Gasteiger partial charge in [-0.05, 0) is 13.0 Å². The molecule has 66 valence electrons. The lowest BCUT2D eigenvalue weighted by Gasteiger charge is -2.24. The van der Waals surface area contributed by atoms with Crippen molar-refractivity contribution >= 4 is 0 Å². The fourth-order valence-electron chi connectivity index (χ4n) is 0.401. The molecule has 0 saturated carbocycles. The molecule has 0 radical (unpaired) electrons. The van der Waals surface area contributed by atoms with Crippen LogP contribution in [0.15, 0.2) is 12.7 Å². The minimum absolute atomic E-state index is 0.261. The molecule has 0 rings (SSSR count). The van der Waals surface area contributed by atoms with Crippen molar-refractivity contribution in [3.05, 3.63) is 12.7 Å². The summed E-state index contributed by atoms with van der Waals surface area (Å²) < 4.78 is 60.3. The molecule has 0 aliphatic heterocycles. The number of hydrogen-bond acceptors (Lipinski definition) is 0. The first-order chi connectivity index (χ1) is 4.75. The molecule has 0 aromatic heterocycles. The maximum absolute atomic E-state index is 12.1. The smallest absolute Gasteiger partial charge is 0.241 e. The van der Waals surface area contributed by atoms with Gasteiger partial charge in [-0.3, -0.25) is 0 Å². The van der Waals surface area contributed by atoms with Crippen LogP contribution in [0.4, 0.5) is 22.0 Å². The van der Waals surface area contributed by atoms with Crippen LogP contribution in [0.3, 0.4) is 0 Å². The lowest BCUT2D eigenvalue weighted by Crippen LogP contribution is -2.45. The molecule has 0 fully saturated rings. The minimum atomic E-state index is -4.67. The van der Waals surface area contributed by atoms with Crippen LogP contribution >= 0.6 is 0 Å². The Morgan fingerprint density at radius 3 is 1.73 bits per heavy atom. The Kier molecular flexibility index (Phi) is 2.64. The predicted octanol–water partition coefficient (Wildman–Crippen LogP) is 2.80. The summed E-state index contributed by atoms with van der Waals surface area (Å²) in [4.78, 5) is 0. The second-order valence-electron chi connectivity index (χ2n) is 2.07. The van der Waals surface area contributed by atoms with Crippen LogP contribution in [0.1, 0.15) is 6.92 Å². The maximum atomic E-state index is 12.1. The molecule has 5 heteroatoms. The molecule has 0 nitrogen and oxygen atoms in total. The maximum Gasteiger partial charge on any atom is 0.344 e. The molecule has 0 amide bonds. The molecular formula is C6H7F5. The highest BCUT2D eigenvalue weighted by atomic mass is 19.3. The molecule has 0 aromatic carbocycles. The average Bonchev–Trinajstić information content (AvgIpc) is 1.87. The number of halogens is 5. The number of alkyl halides is 5. The van der Waals surface area contributed by atoms with E-state index in [1.54, 1.807) is 0 Å². The number of allylic oxidation sites excluding steroid dienone is 1. The van der Waals surface area contributed by atoms with Gasteiger partial charge in [0.2, 0.25) is 0 Å². The third kappa shape index (κ3) is 1.70. The largest absolute Gasteiger partial charge is 0.344 e. The Morgan fingerprint density at radius 2 is 1.64 bits per heavy atom. The first kappa shape index (κ1) is 10.4. The van der Waals surface area contributed by atoms with Crippen LogP contribution in [-0.2, 0) is 0 Å². The zero-order valence-electron chi connectivity index (χ0n) is 5.75. The molecule has 0 saturated heterocycles. The van der Waals surface area contributed by atoms with E-state index in [9.17, 15) is 22.0 Å². The molecule has 1 unspecified atom stereocenters. The summed E-state index contributed by atoms with van der Waals surface area (Å²) in [6.07, 6.45) is -3.15. The molecule has 11 heavy (non-hydrogen) atoms. The highest BCUT2D eigenvalue weighted by molar-refractivity contribution is 5.00. The van der Waals surface area contributed by atoms with E-state index in [-0.39, 0.29) is 6.08 Å². The predicted molar refractivity (Wildman–Crippen MR) is 30.7 cm³/mol. The zero-order valence-corrected chi connectivity index (χ0v) is 5.75. The first-order valence-corrected chi connectivity index (χ1v) is 2.79. The summed E-state index contributed by atoms with van der Waals surface area (Å²) >= 11 is 0. The van der Waals surface area contributed by atoms with Gasteiger partial charge in [0.05, 0.1) is 0 Å². The van der Waals surface area contributed by atoms with Crippen molar-refractivity contribution in [1.82, 2.24) is 0 Å². The van der Waals surface area contributed by atoms with E-state index < -0.39 is 18.0 Å². The van der Waals surface area contributed by atoms with Crippen LogP contribution in [-0.4, -0.2) is 18.0 Å². The fourth-order valence-corrected chi connectivity index (χ4v) is 0.401. The third-order valence-corrected chi connectivity index (χ3v) is 1.20. The van der Waals surface area contributed by atoms with Crippen molar-refractivity contribution in [2.75, 3.05) is 0 Å². The van der Waals surface area contributed by atoms with Crippen molar-refractivity contribution < 1.29 is 22.0 Å². The summed E-state index contributed by atoms with van der Waals surface area (Å²) in [6, 6.07) is 0. The normalized spacial score (nSPS) is 16.2. The summed E-state index contributed by atoms with van der Waals surface area (Å²) in [5.74, 6) is -9.16. The van der Waals surface area contributed by atoms with Crippen molar-refractivity contribution in [3.63, 3.8) is 0 Å². The Balaban J connectivity index is 4.66. The van der Waals surface area contributed by atoms with E-state index in [0.29, 0.717) is 6.92 Å². The van der Waals surface area contributed by atoms with E-state index in [1.165, 1.54) is 0 Å². The quantitative estimate of drug-likeness (QED) is 0.455. The van der Waals surface area contributed by atoms with E-state index in [4.69, 9.17) is 0 Å². The van der Waals surface area contributed by atoms with Gasteiger partial charge < -0.3 is 0 Å². The molecular weight excluding hydrogens is 167 g/mol. The lowest BCUT2D eigenvalue weighted by molar-refractivity contribution is -0.209. The second-order valence-corrected chi connectivity index (χ2v) is 2.07. The first-order valence-electron chi connectivity index (χ1n) is 2.79. The van der Waals surface area contributed by atoms with Crippen molar-refractivity contribution in [3.8, 4) is 0 Å². The Bertz CT molecular complexity index is 149. The van der Waals surface area contributed by atoms with Crippen molar-refractivity contribution in [1.29, 1.82) is 0 Å². The van der Waals surface area contributed by atoms with Crippen LogP contribution in [0.5, 0.6) is 0 Å². The van der Waals surface area contributed by atoms with Crippen LogP contribution in [0.25, 0.3) is 0 Å². The number of hydrogen-bond donors (Lipinski definition) is 0. The second kappa shape index (κ2) is 2.79. The summed E-state index contributed by atoms with van der Waals surface area (Å²) in [6.45, 7) is 2.86. The molecule has 0 heterocycles. The third-order valence-electron chi connectivity index (χ3n) is 1.20. The monoisotopic (exact) mass is 174 g/mol. The summed E-state index contributed by atoms with van der Waals surface area (Å²) in [5, 5.41) is 0. The highest BCUT2D eigenvalue weighted by Gasteiger charge is 2.58. The van der Waals surface area contributed by atoms with Gasteiger partial charge in [-0.2, -0.15) is 17.6 Å². The van der Waals surface area contributed by atoms with E-state index in [2.05, 4.69) is 6.58 Å². The fraction of sp³-hybridized carbons (Fsp3) is 0.667. The van der Waals surface area contributed by atoms with E-state index in [0.717, 1.165) is 0 Å². The molecule has 1 atom stereocenters. The molecule has 0 aliphatic carbocycles. The van der Waals surface area contributed by atoms with Gasteiger partial charge in [0.25, 0.3) is 0 Å². The number of rotatable bonds is 3. The van der Waals surface area contributed by atoms with E-state index in [1.807, 2.05) is 0 Å². The summed E-state index contributed by atoms with van der Waals surface area (Å²) in [7, 11) is 0. The molecule has 0 bridgehead atoms. The lowest BCUT2D eigenvalue weighted by atomic mass is 10.1. The van der Waals surface area contributed by atoms with Crippen molar-refractivity contribution in [2.24, 2.45) is 0 Å². The van der Waals surface area contributed by atoms with Gasteiger partial charge in [0, 0.05) is 0 Å². The van der Waals surface area contributed by atoms with Gasteiger partial charge in [-0.25, -0.2) is 4.39 Å². The SMILES string of the molecule is C=CC(F)(F)C(F)(F)C(C)F. The Morgan fingerprint density at radius 1 is 1.27 bits per heavy atom. The standard InChI is InChI=1S/C6H7F5/c1-3-5(8,9)6(10,11)4(2)7/h3-4H,1H2,2H3. The van der Waals surface area contributed by atoms with Gasteiger partial charge in [0.1, 0.15) is 0 Å². The Labute approximate surface area is 60.7 Å². The zero-order chi connectivity index (χ0) is 9.28. The molecule has 0 aliphatic rings. The molecule has 0 aromatic rings. The topological polar surface area (TPSA) is 0 Å². The van der Waals surface area contributed by atoms with Crippen LogP contribution < -0.4 is 0 Å². The average molecular weight is 174 g/mol. The highest BCUT2D eigenvalue weighted by Crippen LogP contribution is 2.38. The molecule has 0 N–H and O–H groups in total. The van der Waals surface area contributed by atoms with Gasteiger partial charge in [-0.15, -0.1) is 0 Å². The van der Waals surface area contributed by atoms with Gasteiger partial charge >= 0.3 is 11.8 Å². The summed E-state index contributed by atoms with van der Waals surface area (Å²) in [5.41, 5.74) is 0. The molecule has 0 spiro atoms. The van der Waals surface area contributed by atoms with Gasteiger partial charge in [0.15, 0.2) is 6.17 Å². The van der Waals surface area contributed by atoms with E-state index >= 15 is 0 Å². The van der Waals surface area contributed by atoms with Gasteiger partial charge in [-0.1, -0.05) is 6.58 Å². The minimum Gasteiger partial charge on any atom is -0.241 e. The van der Waals surface area contributed by atoms with Crippen LogP contribution in [0.2, 0.25) is 0 Å². The Hall–Kier alpha value is -0.610.